The van der Waals surface area contributed by atoms with Crippen LogP contribution in [-0.2, 0) is 6.54 Å². The number of nitrogens with one attached hydrogen (secondary N) is 2. The third-order valence-corrected chi connectivity index (χ3v) is 5.17. The molecule has 1 fully saturated rings. The van der Waals surface area contributed by atoms with Crippen LogP contribution in [0.15, 0.2) is 36.5 Å². The summed E-state index contributed by atoms with van der Waals surface area (Å²) in [6.45, 7) is 1.76. The van der Waals surface area contributed by atoms with Crippen LogP contribution in [0, 0.1) is 17.2 Å². The Bertz CT molecular complexity index is 774. The lowest BCUT2D eigenvalue weighted by atomic mass is 9.86. The van der Waals surface area contributed by atoms with E-state index in [1.54, 1.807) is 6.20 Å². The average Bonchev–Trinajstić information content (AvgIpc) is 2.70. The van der Waals surface area contributed by atoms with Gasteiger partial charge in [-0.1, -0.05) is 18.2 Å². The van der Waals surface area contributed by atoms with Crippen molar-refractivity contribution in [1.29, 1.82) is 5.26 Å². The zero-order valence-electron chi connectivity index (χ0n) is 16.2. The van der Waals surface area contributed by atoms with Crippen LogP contribution in [0.2, 0.25) is 0 Å². The molecule has 1 aromatic heterocycles. The molecule has 2 aromatic rings. The Kier molecular flexibility index (Phi) is 6.61. The van der Waals surface area contributed by atoms with Crippen molar-refractivity contribution in [3.8, 4) is 6.07 Å². The van der Waals surface area contributed by atoms with E-state index in [0.29, 0.717) is 12.0 Å². The fraction of sp³-hybridized carbons (Fsp3) is 0.476. The molecule has 0 unspecified atom stereocenters. The van der Waals surface area contributed by atoms with Gasteiger partial charge in [-0.3, -0.25) is 0 Å². The third kappa shape index (κ3) is 5.41. The molecule has 6 nitrogen and oxygen atoms in total. The van der Waals surface area contributed by atoms with Crippen LogP contribution in [0.3, 0.4) is 0 Å². The maximum absolute atomic E-state index is 9.17. The molecule has 0 saturated heterocycles. The van der Waals surface area contributed by atoms with E-state index >= 15 is 0 Å². The maximum atomic E-state index is 9.17. The first-order valence-electron chi connectivity index (χ1n) is 9.61. The van der Waals surface area contributed by atoms with Gasteiger partial charge in [0.25, 0.3) is 0 Å². The molecule has 1 aromatic carbocycles. The third-order valence-electron chi connectivity index (χ3n) is 5.17. The summed E-state index contributed by atoms with van der Waals surface area (Å²) < 4.78 is 0. The Hall–Kier alpha value is -2.65. The van der Waals surface area contributed by atoms with Gasteiger partial charge in [0.1, 0.15) is 5.82 Å². The molecule has 142 valence electrons. The van der Waals surface area contributed by atoms with Crippen LogP contribution in [0.25, 0.3) is 0 Å². The second kappa shape index (κ2) is 9.33. The van der Waals surface area contributed by atoms with Gasteiger partial charge in [-0.2, -0.15) is 10.2 Å². The largest absolute Gasteiger partial charge is 0.363 e. The number of hydrogen-bond donors (Lipinski definition) is 2. The normalized spacial score (nSPS) is 19.3. The SMILES string of the molecule is CN(C)c1ccnc(N[C@H]2CC[C@@H](CNCc3ccccc3C#N)CC2)n1. The highest BCUT2D eigenvalue weighted by molar-refractivity contribution is 5.41. The van der Waals surface area contributed by atoms with Crippen molar-refractivity contribution in [2.24, 2.45) is 5.92 Å². The summed E-state index contributed by atoms with van der Waals surface area (Å²) in [6.07, 6.45) is 6.46. The maximum Gasteiger partial charge on any atom is 0.224 e. The van der Waals surface area contributed by atoms with E-state index in [0.717, 1.165) is 48.8 Å². The zero-order chi connectivity index (χ0) is 19.1. The van der Waals surface area contributed by atoms with Gasteiger partial charge in [0.2, 0.25) is 5.95 Å². The van der Waals surface area contributed by atoms with Crippen molar-refractivity contribution >= 4 is 11.8 Å². The molecule has 1 aliphatic carbocycles. The molecule has 6 heteroatoms. The molecule has 0 radical (unpaired) electrons. The van der Waals surface area contributed by atoms with Gasteiger partial charge in [-0.25, -0.2) is 4.98 Å². The van der Waals surface area contributed by atoms with Crippen LogP contribution in [0.4, 0.5) is 11.8 Å². The molecule has 1 aliphatic rings. The smallest absolute Gasteiger partial charge is 0.224 e. The monoisotopic (exact) mass is 364 g/mol. The number of rotatable bonds is 7. The fourth-order valence-corrected chi connectivity index (χ4v) is 3.56. The number of nitrogens with zero attached hydrogens (tertiary/aromatic N) is 4. The summed E-state index contributed by atoms with van der Waals surface area (Å²) in [7, 11) is 3.97. The topological polar surface area (TPSA) is 76.9 Å². The van der Waals surface area contributed by atoms with E-state index in [1.165, 1.54) is 12.8 Å². The predicted octanol–water partition coefficient (Wildman–Crippen LogP) is 3.17. The Morgan fingerprint density at radius 2 is 1.93 bits per heavy atom. The Morgan fingerprint density at radius 1 is 1.15 bits per heavy atom. The fourth-order valence-electron chi connectivity index (χ4n) is 3.56. The zero-order valence-corrected chi connectivity index (χ0v) is 16.2. The van der Waals surface area contributed by atoms with E-state index < -0.39 is 0 Å². The number of hydrogen-bond acceptors (Lipinski definition) is 6. The summed E-state index contributed by atoms with van der Waals surface area (Å²) in [5.74, 6) is 2.32. The lowest BCUT2D eigenvalue weighted by Crippen LogP contribution is -2.31. The highest BCUT2D eigenvalue weighted by Crippen LogP contribution is 2.26. The summed E-state index contributed by atoms with van der Waals surface area (Å²) in [5.41, 5.74) is 1.84. The van der Waals surface area contributed by atoms with E-state index in [9.17, 15) is 0 Å². The van der Waals surface area contributed by atoms with Crippen LogP contribution >= 0.6 is 0 Å². The van der Waals surface area contributed by atoms with E-state index in [-0.39, 0.29) is 0 Å². The predicted molar refractivity (Wildman–Crippen MR) is 109 cm³/mol. The first-order valence-corrected chi connectivity index (χ1v) is 9.61. The second-order valence-corrected chi connectivity index (χ2v) is 7.39. The van der Waals surface area contributed by atoms with E-state index in [2.05, 4.69) is 26.7 Å². The molecule has 0 spiro atoms. The lowest BCUT2D eigenvalue weighted by Gasteiger charge is -2.29. The number of anilines is 2. The van der Waals surface area contributed by atoms with Crippen LogP contribution in [0.1, 0.15) is 36.8 Å². The molecule has 0 amide bonds. The van der Waals surface area contributed by atoms with Gasteiger partial charge in [-0.15, -0.1) is 0 Å². The first kappa shape index (κ1) is 19.1. The lowest BCUT2D eigenvalue weighted by molar-refractivity contribution is 0.323. The molecule has 1 saturated carbocycles. The molecule has 3 rings (SSSR count). The van der Waals surface area contributed by atoms with Gasteiger partial charge in [-0.05, 0) is 55.8 Å². The second-order valence-electron chi connectivity index (χ2n) is 7.39. The van der Waals surface area contributed by atoms with Crippen molar-refractivity contribution in [3.05, 3.63) is 47.7 Å². The molecular weight excluding hydrogens is 336 g/mol. The average molecular weight is 364 g/mol. The van der Waals surface area contributed by atoms with Crippen molar-refractivity contribution in [2.75, 3.05) is 30.9 Å². The van der Waals surface area contributed by atoms with Gasteiger partial charge in [0.15, 0.2) is 0 Å². The number of benzene rings is 1. The Morgan fingerprint density at radius 3 is 2.67 bits per heavy atom. The molecule has 0 bridgehead atoms. The van der Waals surface area contributed by atoms with Crippen molar-refractivity contribution < 1.29 is 0 Å². The first-order chi connectivity index (χ1) is 13.2. The van der Waals surface area contributed by atoms with Gasteiger partial charge in [0.05, 0.1) is 11.6 Å². The Balaban J connectivity index is 1.41. The summed E-state index contributed by atoms with van der Waals surface area (Å²) in [4.78, 5) is 10.9. The highest BCUT2D eigenvalue weighted by Gasteiger charge is 2.21. The van der Waals surface area contributed by atoms with Crippen molar-refractivity contribution in [3.63, 3.8) is 0 Å². The number of nitriles is 1. The Labute approximate surface area is 161 Å². The minimum Gasteiger partial charge on any atom is -0.363 e. The van der Waals surface area contributed by atoms with Gasteiger partial charge < -0.3 is 15.5 Å². The number of aromatic nitrogens is 2. The highest BCUT2D eigenvalue weighted by atomic mass is 15.2. The molecular formula is C21H28N6. The molecule has 0 atom stereocenters. The van der Waals surface area contributed by atoms with Crippen LogP contribution in [0.5, 0.6) is 0 Å². The van der Waals surface area contributed by atoms with Gasteiger partial charge in [0, 0.05) is 32.9 Å². The molecule has 0 aliphatic heterocycles. The minimum absolute atomic E-state index is 0.443. The summed E-state index contributed by atoms with van der Waals surface area (Å²) in [6, 6.07) is 12.4. The van der Waals surface area contributed by atoms with Crippen LogP contribution < -0.4 is 15.5 Å². The van der Waals surface area contributed by atoms with Crippen LogP contribution in [-0.4, -0.2) is 36.6 Å². The van der Waals surface area contributed by atoms with Crippen molar-refractivity contribution in [1.82, 2.24) is 15.3 Å². The van der Waals surface area contributed by atoms with E-state index in [4.69, 9.17) is 5.26 Å². The summed E-state index contributed by atoms with van der Waals surface area (Å²) in [5, 5.41) is 16.2. The van der Waals surface area contributed by atoms with E-state index in [1.807, 2.05) is 49.3 Å². The quantitative estimate of drug-likeness (QED) is 0.786. The minimum atomic E-state index is 0.443. The summed E-state index contributed by atoms with van der Waals surface area (Å²) >= 11 is 0. The molecule has 2 N–H and O–H groups in total. The standard InChI is InChI=1S/C21H28N6/c1-27(2)20-11-12-24-21(26-20)25-19-9-7-16(8-10-19)14-23-15-18-6-4-3-5-17(18)13-22/h3-6,11-12,16,19,23H,7-10,14-15H2,1-2H3,(H,24,25,26)/t16-,19+. The van der Waals surface area contributed by atoms with Crippen molar-refractivity contribution in [2.45, 2.75) is 38.3 Å². The molecule has 1 heterocycles. The molecule has 27 heavy (non-hydrogen) atoms. The van der Waals surface area contributed by atoms with Gasteiger partial charge >= 0.3 is 0 Å².